The van der Waals surface area contributed by atoms with Crippen molar-refractivity contribution in [2.24, 2.45) is 5.41 Å². The maximum absolute atomic E-state index is 5.69. The number of hydrogen-bond donors (Lipinski definition) is 1. The van der Waals surface area contributed by atoms with Crippen molar-refractivity contribution in [1.29, 1.82) is 0 Å². The van der Waals surface area contributed by atoms with Crippen LogP contribution in [0.2, 0.25) is 0 Å². The van der Waals surface area contributed by atoms with Gasteiger partial charge in [0, 0.05) is 19.2 Å². The van der Waals surface area contributed by atoms with Crippen LogP contribution in [0, 0.1) is 5.41 Å². The fourth-order valence-electron chi connectivity index (χ4n) is 2.70. The van der Waals surface area contributed by atoms with Gasteiger partial charge >= 0.3 is 0 Å². The summed E-state index contributed by atoms with van der Waals surface area (Å²) in [6, 6.07) is 0.846. The Morgan fingerprint density at radius 2 is 2.12 bits per heavy atom. The summed E-state index contributed by atoms with van der Waals surface area (Å²) in [5.41, 5.74) is 0.501. The van der Waals surface area contributed by atoms with Crippen molar-refractivity contribution in [3.8, 4) is 0 Å². The Balaban J connectivity index is 1.61. The first kappa shape index (κ1) is 13.4. The SMILES string of the molecule is CCC(C)(CCCC1CCCO1)CNC1CC1. The monoisotopic (exact) mass is 239 g/mol. The summed E-state index contributed by atoms with van der Waals surface area (Å²) in [5, 5.41) is 3.70. The minimum Gasteiger partial charge on any atom is -0.378 e. The second-order valence-electron chi connectivity index (χ2n) is 6.35. The molecule has 0 amide bonds. The van der Waals surface area contributed by atoms with Crippen LogP contribution >= 0.6 is 0 Å². The van der Waals surface area contributed by atoms with Gasteiger partial charge in [0.15, 0.2) is 0 Å². The van der Waals surface area contributed by atoms with E-state index < -0.39 is 0 Å². The molecule has 2 rings (SSSR count). The predicted octanol–water partition coefficient (Wildman–Crippen LogP) is 3.50. The van der Waals surface area contributed by atoms with Gasteiger partial charge in [-0.2, -0.15) is 0 Å². The minimum atomic E-state index is 0.501. The van der Waals surface area contributed by atoms with Crippen molar-refractivity contribution in [2.45, 2.75) is 77.4 Å². The second kappa shape index (κ2) is 6.19. The number of nitrogens with one attached hydrogen (secondary N) is 1. The molecule has 0 radical (unpaired) electrons. The zero-order valence-electron chi connectivity index (χ0n) is 11.6. The van der Waals surface area contributed by atoms with E-state index in [1.807, 2.05) is 0 Å². The third kappa shape index (κ3) is 4.59. The molecule has 0 aromatic carbocycles. The third-order valence-corrected chi connectivity index (χ3v) is 4.58. The summed E-state index contributed by atoms with van der Waals surface area (Å²) in [5.74, 6) is 0. The van der Waals surface area contributed by atoms with Crippen molar-refractivity contribution >= 4 is 0 Å². The van der Waals surface area contributed by atoms with Gasteiger partial charge in [0.05, 0.1) is 6.10 Å². The molecule has 1 heterocycles. The highest BCUT2D eigenvalue weighted by molar-refractivity contribution is 4.85. The molecule has 2 nitrogen and oxygen atoms in total. The zero-order chi connectivity index (χ0) is 12.1. The fourth-order valence-corrected chi connectivity index (χ4v) is 2.70. The maximum Gasteiger partial charge on any atom is 0.0576 e. The molecule has 17 heavy (non-hydrogen) atoms. The van der Waals surface area contributed by atoms with Gasteiger partial charge in [0.1, 0.15) is 0 Å². The van der Waals surface area contributed by atoms with E-state index in [0.717, 1.165) is 12.6 Å². The van der Waals surface area contributed by atoms with E-state index in [9.17, 15) is 0 Å². The van der Waals surface area contributed by atoms with E-state index in [0.29, 0.717) is 11.5 Å². The van der Waals surface area contributed by atoms with Gasteiger partial charge in [0.25, 0.3) is 0 Å². The molecule has 1 aliphatic heterocycles. The summed E-state index contributed by atoms with van der Waals surface area (Å²) in [6.45, 7) is 6.98. The highest BCUT2D eigenvalue weighted by Gasteiger charge is 2.27. The van der Waals surface area contributed by atoms with Gasteiger partial charge < -0.3 is 10.1 Å². The van der Waals surface area contributed by atoms with E-state index in [1.54, 1.807) is 0 Å². The Morgan fingerprint density at radius 3 is 2.71 bits per heavy atom. The minimum absolute atomic E-state index is 0.501. The molecule has 0 aromatic heterocycles. The predicted molar refractivity (Wildman–Crippen MR) is 72.2 cm³/mol. The average Bonchev–Trinajstić information content (AvgIpc) is 3.03. The van der Waals surface area contributed by atoms with Crippen LogP contribution in [-0.2, 0) is 4.74 Å². The third-order valence-electron chi connectivity index (χ3n) is 4.58. The Morgan fingerprint density at radius 1 is 1.29 bits per heavy atom. The lowest BCUT2D eigenvalue weighted by Gasteiger charge is -2.29. The zero-order valence-corrected chi connectivity index (χ0v) is 11.6. The Bertz CT molecular complexity index is 221. The second-order valence-corrected chi connectivity index (χ2v) is 6.35. The van der Waals surface area contributed by atoms with Crippen molar-refractivity contribution < 1.29 is 4.74 Å². The molecular formula is C15H29NO. The van der Waals surface area contributed by atoms with Crippen molar-refractivity contribution in [3.05, 3.63) is 0 Å². The Hall–Kier alpha value is -0.0800. The lowest BCUT2D eigenvalue weighted by molar-refractivity contribution is 0.0976. The van der Waals surface area contributed by atoms with Crippen LogP contribution in [-0.4, -0.2) is 25.3 Å². The lowest BCUT2D eigenvalue weighted by atomic mass is 9.81. The van der Waals surface area contributed by atoms with Crippen LogP contribution in [0.25, 0.3) is 0 Å². The molecule has 1 aliphatic carbocycles. The molecule has 2 atom stereocenters. The van der Waals surface area contributed by atoms with Gasteiger partial charge in [-0.15, -0.1) is 0 Å². The molecule has 1 saturated heterocycles. The molecule has 1 N–H and O–H groups in total. The standard InChI is InChI=1S/C15H29NO/c1-3-15(2,12-16-13-8-9-13)10-4-6-14-7-5-11-17-14/h13-14,16H,3-12H2,1-2H3. The van der Waals surface area contributed by atoms with Crippen LogP contribution in [0.15, 0.2) is 0 Å². The summed E-state index contributed by atoms with van der Waals surface area (Å²) >= 11 is 0. The largest absolute Gasteiger partial charge is 0.378 e. The summed E-state index contributed by atoms with van der Waals surface area (Å²) in [7, 11) is 0. The van der Waals surface area contributed by atoms with Crippen LogP contribution < -0.4 is 5.32 Å². The molecule has 2 unspecified atom stereocenters. The van der Waals surface area contributed by atoms with Crippen molar-refractivity contribution in [1.82, 2.24) is 5.32 Å². The summed E-state index contributed by atoms with van der Waals surface area (Å²) < 4.78 is 5.69. The molecule has 0 spiro atoms. The fraction of sp³-hybridized carbons (Fsp3) is 1.00. The number of ether oxygens (including phenoxy) is 1. The van der Waals surface area contributed by atoms with Crippen LogP contribution in [0.1, 0.15) is 65.2 Å². The maximum atomic E-state index is 5.69. The topological polar surface area (TPSA) is 21.3 Å². The molecule has 1 saturated carbocycles. The Labute approximate surface area is 107 Å². The van der Waals surface area contributed by atoms with E-state index in [1.165, 1.54) is 57.9 Å². The van der Waals surface area contributed by atoms with Gasteiger partial charge in [-0.05, 0) is 50.4 Å². The molecule has 100 valence electrons. The van der Waals surface area contributed by atoms with Crippen LogP contribution in [0.3, 0.4) is 0 Å². The first-order chi connectivity index (χ1) is 8.22. The van der Waals surface area contributed by atoms with Crippen molar-refractivity contribution in [3.63, 3.8) is 0 Å². The van der Waals surface area contributed by atoms with E-state index in [4.69, 9.17) is 4.74 Å². The van der Waals surface area contributed by atoms with E-state index >= 15 is 0 Å². The molecular weight excluding hydrogens is 210 g/mol. The average molecular weight is 239 g/mol. The van der Waals surface area contributed by atoms with Gasteiger partial charge in [-0.3, -0.25) is 0 Å². The molecule has 0 aromatic rings. The molecule has 2 heteroatoms. The normalized spacial score (nSPS) is 28.2. The Kier molecular flexibility index (Phi) is 4.87. The highest BCUT2D eigenvalue weighted by Crippen LogP contribution is 2.30. The van der Waals surface area contributed by atoms with Crippen molar-refractivity contribution in [2.75, 3.05) is 13.2 Å². The lowest BCUT2D eigenvalue weighted by Crippen LogP contribution is -2.32. The quantitative estimate of drug-likeness (QED) is 0.700. The molecule has 0 bridgehead atoms. The van der Waals surface area contributed by atoms with Gasteiger partial charge in [-0.1, -0.05) is 20.3 Å². The summed E-state index contributed by atoms with van der Waals surface area (Å²) in [4.78, 5) is 0. The molecule has 2 aliphatic rings. The first-order valence-electron chi connectivity index (χ1n) is 7.57. The number of hydrogen-bond acceptors (Lipinski definition) is 2. The molecule has 2 fully saturated rings. The number of rotatable bonds is 8. The highest BCUT2D eigenvalue weighted by atomic mass is 16.5. The van der Waals surface area contributed by atoms with Crippen LogP contribution in [0.5, 0.6) is 0 Å². The van der Waals surface area contributed by atoms with Crippen LogP contribution in [0.4, 0.5) is 0 Å². The van der Waals surface area contributed by atoms with Gasteiger partial charge in [-0.25, -0.2) is 0 Å². The summed E-state index contributed by atoms with van der Waals surface area (Å²) in [6.07, 6.45) is 11.2. The van der Waals surface area contributed by atoms with Gasteiger partial charge in [0.2, 0.25) is 0 Å². The smallest absolute Gasteiger partial charge is 0.0576 e. The van der Waals surface area contributed by atoms with E-state index in [-0.39, 0.29) is 0 Å². The van der Waals surface area contributed by atoms with E-state index in [2.05, 4.69) is 19.2 Å². The first-order valence-corrected chi connectivity index (χ1v) is 7.57.